The van der Waals surface area contributed by atoms with E-state index in [4.69, 9.17) is 26.1 Å². The number of ether oxygens (including phenoxy) is 2. The van der Waals surface area contributed by atoms with Gasteiger partial charge in [-0.3, -0.25) is 4.79 Å². The van der Waals surface area contributed by atoms with E-state index in [0.29, 0.717) is 19.6 Å². The molecule has 1 amide bonds. The third-order valence-corrected chi connectivity index (χ3v) is 7.61. The number of benzene rings is 3. The Kier molecular flexibility index (Phi) is 7.38. The van der Waals surface area contributed by atoms with Gasteiger partial charge >= 0.3 is 0 Å². The normalized spacial score (nSPS) is 15.5. The van der Waals surface area contributed by atoms with E-state index in [1.165, 1.54) is 0 Å². The largest absolute Gasteiger partial charge is 0.497 e. The second kappa shape index (κ2) is 10.9. The summed E-state index contributed by atoms with van der Waals surface area (Å²) in [7, 11) is 1.64. The minimum atomic E-state index is 0.0401. The van der Waals surface area contributed by atoms with Gasteiger partial charge in [0.25, 0.3) is 0 Å². The summed E-state index contributed by atoms with van der Waals surface area (Å²) in [5.41, 5.74) is 5.02. The van der Waals surface area contributed by atoms with E-state index in [-0.39, 0.29) is 11.8 Å². The Morgan fingerprint density at radius 2 is 1.73 bits per heavy atom. The number of aryl methyl sites for hydroxylation is 3. The Bertz CT molecular complexity index is 1390. The number of nitrogens with zero attached hydrogens (tertiary/aromatic N) is 3. The van der Waals surface area contributed by atoms with E-state index >= 15 is 0 Å². The second-order valence-electron chi connectivity index (χ2n) is 9.64. The lowest BCUT2D eigenvalue weighted by molar-refractivity contribution is -0.117. The number of carbonyl (C=O) groups excluding carboxylic acids is 1. The average molecular weight is 518 g/mol. The van der Waals surface area contributed by atoms with Crippen molar-refractivity contribution in [3.05, 3.63) is 82.6 Å². The number of halogens is 1. The first kappa shape index (κ1) is 25.2. The van der Waals surface area contributed by atoms with Crippen LogP contribution in [0.5, 0.6) is 11.5 Å². The standard InChI is InChI=1S/C30H32ClN3O3/c1-20-16-25(17-21(2)29(20)31)37-15-7-6-14-33-27-9-5-4-8-26(27)32-30(33)22-18-28(35)34(19-22)23-10-12-24(36-3)13-11-23/h4-5,8-13,16-17,22H,6-7,14-15,18-19H2,1-3H3. The molecule has 3 aromatic carbocycles. The number of fused-ring (bicyclic) bond motifs is 1. The molecule has 1 saturated heterocycles. The summed E-state index contributed by atoms with van der Waals surface area (Å²) >= 11 is 6.28. The van der Waals surface area contributed by atoms with Crippen LogP contribution in [0, 0.1) is 13.8 Å². The summed E-state index contributed by atoms with van der Waals surface area (Å²) in [6.07, 6.45) is 2.31. The summed E-state index contributed by atoms with van der Waals surface area (Å²) in [4.78, 5) is 19.8. The van der Waals surface area contributed by atoms with E-state index in [1.54, 1.807) is 7.11 Å². The van der Waals surface area contributed by atoms with Gasteiger partial charge in [0.05, 0.1) is 24.8 Å². The highest BCUT2D eigenvalue weighted by atomic mass is 35.5. The quantitative estimate of drug-likeness (QED) is 0.232. The van der Waals surface area contributed by atoms with Crippen molar-refractivity contribution in [2.24, 2.45) is 0 Å². The minimum Gasteiger partial charge on any atom is -0.497 e. The van der Waals surface area contributed by atoms with Crippen molar-refractivity contribution in [3.63, 3.8) is 0 Å². The Morgan fingerprint density at radius 3 is 2.46 bits per heavy atom. The average Bonchev–Trinajstić information content (AvgIpc) is 3.47. The number of unbranched alkanes of at least 4 members (excludes halogenated alkanes) is 1. The fourth-order valence-corrected chi connectivity index (χ4v) is 5.19. The van der Waals surface area contributed by atoms with Gasteiger partial charge in [0.15, 0.2) is 0 Å². The highest BCUT2D eigenvalue weighted by Crippen LogP contribution is 2.34. The molecule has 2 heterocycles. The molecule has 1 aliphatic heterocycles. The van der Waals surface area contributed by atoms with Crippen LogP contribution < -0.4 is 14.4 Å². The van der Waals surface area contributed by atoms with E-state index in [9.17, 15) is 4.79 Å². The number of para-hydroxylation sites is 2. The van der Waals surface area contributed by atoms with Gasteiger partial charge in [0, 0.05) is 36.1 Å². The molecule has 1 fully saturated rings. The molecule has 1 unspecified atom stereocenters. The van der Waals surface area contributed by atoms with Crippen LogP contribution >= 0.6 is 11.6 Å². The maximum absolute atomic E-state index is 13.0. The molecule has 1 atom stereocenters. The minimum absolute atomic E-state index is 0.0401. The van der Waals surface area contributed by atoms with Crippen LogP contribution in [0.2, 0.25) is 5.02 Å². The number of hydrogen-bond donors (Lipinski definition) is 0. The van der Waals surface area contributed by atoms with E-state index in [2.05, 4.69) is 10.6 Å². The number of imidazole rings is 1. The van der Waals surface area contributed by atoms with Gasteiger partial charge in [-0.15, -0.1) is 0 Å². The van der Waals surface area contributed by atoms with Gasteiger partial charge in [-0.05, 0) is 86.3 Å². The van der Waals surface area contributed by atoms with Crippen molar-refractivity contribution in [2.45, 2.75) is 45.6 Å². The summed E-state index contributed by atoms with van der Waals surface area (Å²) in [5.74, 6) is 2.78. The molecule has 6 nitrogen and oxygen atoms in total. The van der Waals surface area contributed by atoms with Gasteiger partial charge < -0.3 is 18.9 Å². The third-order valence-electron chi connectivity index (χ3n) is 7.01. The summed E-state index contributed by atoms with van der Waals surface area (Å²) in [5, 5.41) is 0.794. The SMILES string of the molecule is COc1ccc(N2CC(c3nc4ccccc4n3CCCCOc3cc(C)c(Cl)c(C)c3)CC2=O)cc1. The van der Waals surface area contributed by atoms with Crippen LogP contribution in [-0.2, 0) is 11.3 Å². The summed E-state index contributed by atoms with van der Waals surface area (Å²) < 4.78 is 13.6. The van der Waals surface area contributed by atoms with Crippen molar-refractivity contribution in [1.82, 2.24) is 9.55 Å². The van der Waals surface area contributed by atoms with E-state index < -0.39 is 0 Å². The zero-order valence-electron chi connectivity index (χ0n) is 21.5. The molecule has 4 aromatic rings. The van der Waals surface area contributed by atoms with Gasteiger partial charge in [-0.25, -0.2) is 4.98 Å². The van der Waals surface area contributed by atoms with E-state index in [1.807, 2.05) is 73.3 Å². The first-order chi connectivity index (χ1) is 17.9. The number of carbonyl (C=O) groups is 1. The number of amides is 1. The molecular formula is C30H32ClN3O3. The monoisotopic (exact) mass is 517 g/mol. The number of methoxy groups -OCH3 is 1. The summed E-state index contributed by atoms with van der Waals surface area (Å²) in [6, 6.07) is 19.8. The molecule has 0 spiro atoms. The molecule has 0 radical (unpaired) electrons. The molecular weight excluding hydrogens is 486 g/mol. The Balaban J connectivity index is 1.27. The number of aromatic nitrogens is 2. The van der Waals surface area contributed by atoms with E-state index in [0.717, 1.165) is 69.6 Å². The maximum Gasteiger partial charge on any atom is 0.227 e. The van der Waals surface area contributed by atoms with Crippen molar-refractivity contribution in [1.29, 1.82) is 0 Å². The van der Waals surface area contributed by atoms with Crippen LogP contribution in [0.4, 0.5) is 5.69 Å². The molecule has 0 N–H and O–H groups in total. The number of hydrogen-bond acceptors (Lipinski definition) is 4. The van der Waals surface area contributed by atoms with Gasteiger partial charge in [-0.2, -0.15) is 0 Å². The topological polar surface area (TPSA) is 56.6 Å². The highest BCUT2D eigenvalue weighted by molar-refractivity contribution is 6.32. The van der Waals surface area contributed by atoms with Crippen LogP contribution in [0.1, 0.15) is 42.1 Å². The zero-order valence-corrected chi connectivity index (χ0v) is 22.3. The second-order valence-corrected chi connectivity index (χ2v) is 10.0. The molecule has 5 rings (SSSR count). The van der Waals surface area contributed by atoms with Gasteiger partial charge in [0.2, 0.25) is 5.91 Å². The predicted molar refractivity (Wildman–Crippen MR) is 148 cm³/mol. The highest BCUT2D eigenvalue weighted by Gasteiger charge is 2.34. The Morgan fingerprint density at radius 1 is 1.00 bits per heavy atom. The van der Waals surface area contributed by atoms with Crippen molar-refractivity contribution < 1.29 is 14.3 Å². The Hall–Kier alpha value is -3.51. The fourth-order valence-electron chi connectivity index (χ4n) is 5.08. The summed E-state index contributed by atoms with van der Waals surface area (Å²) in [6.45, 7) is 6.07. The van der Waals surface area contributed by atoms with Crippen molar-refractivity contribution >= 4 is 34.2 Å². The van der Waals surface area contributed by atoms with Crippen LogP contribution in [0.15, 0.2) is 60.7 Å². The number of anilines is 1. The van der Waals surface area contributed by atoms with Crippen LogP contribution in [-0.4, -0.2) is 35.7 Å². The van der Waals surface area contributed by atoms with Gasteiger partial charge in [-0.1, -0.05) is 23.7 Å². The smallest absolute Gasteiger partial charge is 0.227 e. The molecule has 0 aliphatic carbocycles. The van der Waals surface area contributed by atoms with Crippen LogP contribution in [0.25, 0.3) is 11.0 Å². The lowest BCUT2D eigenvalue weighted by Gasteiger charge is -2.18. The number of rotatable bonds is 9. The lowest BCUT2D eigenvalue weighted by Crippen LogP contribution is -2.24. The van der Waals surface area contributed by atoms with Crippen molar-refractivity contribution in [2.75, 3.05) is 25.2 Å². The first-order valence-corrected chi connectivity index (χ1v) is 13.1. The first-order valence-electron chi connectivity index (χ1n) is 12.7. The molecule has 0 bridgehead atoms. The predicted octanol–water partition coefficient (Wildman–Crippen LogP) is 6.69. The lowest BCUT2D eigenvalue weighted by atomic mass is 10.1. The molecule has 192 valence electrons. The van der Waals surface area contributed by atoms with Gasteiger partial charge in [0.1, 0.15) is 17.3 Å². The van der Waals surface area contributed by atoms with Crippen molar-refractivity contribution in [3.8, 4) is 11.5 Å². The molecule has 0 saturated carbocycles. The fraction of sp³-hybridized carbons (Fsp3) is 0.333. The molecule has 1 aliphatic rings. The van der Waals surface area contributed by atoms with Crippen LogP contribution in [0.3, 0.4) is 0 Å². The molecule has 37 heavy (non-hydrogen) atoms. The maximum atomic E-state index is 13.0. The molecule has 1 aromatic heterocycles. The third kappa shape index (κ3) is 5.30. The zero-order chi connectivity index (χ0) is 25.9. The Labute approximate surface area is 222 Å². The molecule has 7 heteroatoms.